The largest absolute Gasteiger partial charge is 0.379 e. The molecule has 160 valence electrons. The number of rotatable bonds is 6. The molecule has 1 aromatic heterocycles. The van der Waals surface area contributed by atoms with E-state index in [1.807, 2.05) is 18.0 Å². The Morgan fingerprint density at radius 3 is 2.66 bits per heavy atom. The molecule has 2 aliphatic heterocycles. The summed E-state index contributed by atoms with van der Waals surface area (Å²) >= 11 is 0. The zero-order valence-corrected chi connectivity index (χ0v) is 17.6. The number of morpholine rings is 1. The van der Waals surface area contributed by atoms with Crippen molar-refractivity contribution in [2.45, 2.75) is 32.1 Å². The molecule has 1 saturated carbocycles. The van der Waals surface area contributed by atoms with Crippen LogP contribution in [0.15, 0.2) is 12.4 Å². The van der Waals surface area contributed by atoms with Crippen LogP contribution in [0, 0.1) is 5.41 Å². The Morgan fingerprint density at radius 2 is 1.90 bits per heavy atom. The van der Waals surface area contributed by atoms with Gasteiger partial charge in [-0.1, -0.05) is 19.3 Å². The fourth-order valence-electron chi connectivity index (χ4n) is 4.77. The number of aromatic nitrogens is 2. The fourth-order valence-corrected chi connectivity index (χ4v) is 4.77. The number of anilines is 2. The number of nitrogens with one attached hydrogen (secondary N) is 1. The normalized spacial score (nSPS) is 23.3. The number of likely N-dealkylation sites (N-methyl/N-ethyl adjacent to an activating group) is 1. The standard InChI is InChI=1S/C21H34N6O2/c1-25-7-8-27(14-20(25)28)19-13-18(23-17-24-19)22-15-21(5-3-2-4-6-21)16-26-9-11-29-12-10-26/h13,17H,2-12,14-16H2,1H3,(H,22,23,24). The van der Waals surface area contributed by atoms with Crippen LogP contribution >= 0.6 is 0 Å². The smallest absolute Gasteiger partial charge is 0.241 e. The van der Waals surface area contributed by atoms with Crippen molar-refractivity contribution >= 4 is 17.5 Å². The van der Waals surface area contributed by atoms with Crippen LogP contribution in [-0.4, -0.2) is 91.7 Å². The first kappa shape index (κ1) is 20.3. The third-order valence-corrected chi connectivity index (χ3v) is 6.66. The zero-order valence-electron chi connectivity index (χ0n) is 17.6. The van der Waals surface area contributed by atoms with Crippen LogP contribution in [0.25, 0.3) is 0 Å². The highest BCUT2D eigenvalue weighted by atomic mass is 16.5. The lowest BCUT2D eigenvalue weighted by atomic mass is 9.73. The summed E-state index contributed by atoms with van der Waals surface area (Å²) < 4.78 is 5.53. The van der Waals surface area contributed by atoms with E-state index in [1.165, 1.54) is 32.1 Å². The van der Waals surface area contributed by atoms with Crippen molar-refractivity contribution in [2.75, 3.05) is 76.3 Å². The molecule has 1 aromatic rings. The van der Waals surface area contributed by atoms with E-state index in [0.717, 1.165) is 64.1 Å². The number of ether oxygens (including phenoxy) is 1. The second-order valence-electron chi connectivity index (χ2n) is 8.80. The van der Waals surface area contributed by atoms with E-state index in [1.54, 1.807) is 11.2 Å². The van der Waals surface area contributed by atoms with Gasteiger partial charge in [-0.3, -0.25) is 9.69 Å². The van der Waals surface area contributed by atoms with Gasteiger partial charge in [0.1, 0.15) is 18.0 Å². The minimum absolute atomic E-state index is 0.135. The third kappa shape index (κ3) is 5.17. The van der Waals surface area contributed by atoms with E-state index in [4.69, 9.17) is 4.74 Å². The number of hydrogen-bond acceptors (Lipinski definition) is 7. The first-order chi connectivity index (χ1) is 14.1. The van der Waals surface area contributed by atoms with Gasteiger partial charge < -0.3 is 19.9 Å². The van der Waals surface area contributed by atoms with Gasteiger partial charge in [0.2, 0.25) is 5.91 Å². The molecule has 1 N–H and O–H groups in total. The summed E-state index contributed by atoms with van der Waals surface area (Å²) in [6.45, 7) is 7.76. The number of amides is 1. The number of hydrogen-bond donors (Lipinski definition) is 1. The zero-order chi connectivity index (χ0) is 20.1. The van der Waals surface area contributed by atoms with Gasteiger partial charge in [0, 0.05) is 57.8 Å². The summed E-state index contributed by atoms with van der Waals surface area (Å²) in [5.74, 6) is 1.82. The van der Waals surface area contributed by atoms with Gasteiger partial charge >= 0.3 is 0 Å². The minimum atomic E-state index is 0.135. The summed E-state index contributed by atoms with van der Waals surface area (Å²) in [4.78, 5) is 27.3. The van der Waals surface area contributed by atoms with Gasteiger partial charge in [0.05, 0.1) is 19.8 Å². The quantitative estimate of drug-likeness (QED) is 0.772. The Balaban J connectivity index is 1.40. The van der Waals surface area contributed by atoms with Crippen LogP contribution in [0.3, 0.4) is 0 Å². The van der Waals surface area contributed by atoms with E-state index >= 15 is 0 Å². The average molecular weight is 403 g/mol. The van der Waals surface area contributed by atoms with Crippen LogP contribution < -0.4 is 10.2 Å². The molecular formula is C21H34N6O2. The van der Waals surface area contributed by atoms with Crippen LogP contribution in [0.5, 0.6) is 0 Å². The van der Waals surface area contributed by atoms with Crippen molar-refractivity contribution < 1.29 is 9.53 Å². The highest BCUT2D eigenvalue weighted by molar-refractivity contribution is 5.82. The van der Waals surface area contributed by atoms with E-state index in [0.29, 0.717) is 12.0 Å². The van der Waals surface area contributed by atoms with Gasteiger partial charge in [-0.25, -0.2) is 9.97 Å². The lowest BCUT2D eigenvalue weighted by molar-refractivity contribution is -0.129. The van der Waals surface area contributed by atoms with Gasteiger partial charge in [-0.2, -0.15) is 0 Å². The maximum atomic E-state index is 12.0. The molecule has 8 heteroatoms. The Morgan fingerprint density at radius 1 is 1.10 bits per heavy atom. The monoisotopic (exact) mass is 402 g/mol. The molecule has 1 aliphatic carbocycles. The predicted molar refractivity (Wildman–Crippen MR) is 113 cm³/mol. The fraction of sp³-hybridized carbons (Fsp3) is 0.762. The van der Waals surface area contributed by atoms with Crippen molar-refractivity contribution in [3.63, 3.8) is 0 Å². The Bertz CT molecular complexity index is 688. The molecule has 2 saturated heterocycles. The summed E-state index contributed by atoms with van der Waals surface area (Å²) in [7, 11) is 1.85. The highest BCUT2D eigenvalue weighted by Gasteiger charge is 2.34. The van der Waals surface area contributed by atoms with Crippen molar-refractivity contribution in [3.8, 4) is 0 Å². The molecular weight excluding hydrogens is 368 g/mol. The van der Waals surface area contributed by atoms with Crippen molar-refractivity contribution in [3.05, 3.63) is 12.4 Å². The van der Waals surface area contributed by atoms with Crippen LogP contribution in [0.4, 0.5) is 11.6 Å². The number of carbonyl (C=O) groups is 1. The van der Waals surface area contributed by atoms with Gasteiger partial charge in [-0.15, -0.1) is 0 Å². The van der Waals surface area contributed by atoms with Gasteiger partial charge in [0.25, 0.3) is 0 Å². The van der Waals surface area contributed by atoms with Crippen LogP contribution in [0.1, 0.15) is 32.1 Å². The Kier molecular flexibility index (Phi) is 6.50. The maximum absolute atomic E-state index is 12.0. The van der Waals surface area contributed by atoms with E-state index in [9.17, 15) is 4.79 Å². The molecule has 4 rings (SSSR count). The molecule has 0 radical (unpaired) electrons. The predicted octanol–water partition coefficient (Wildman–Crippen LogP) is 1.45. The number of carbonyl (C=O) groups excluding carboxylic acids is 1. The van der Waals surface area contributed by atoms with Crippen molar-refractivity contribution in [2.24, 2.45) is 5.41 Å². The Labute approximate surface area is 173 Å². The number of nitrogens with zero attached hydrogens (tertiary/aromatic N) is 5. The minimum Gasteiger partial charge on any atom is -0.379 e. The highest BCUT2D eigenvalue weighted by Crippen LogP contribution is 2.37. The lowest BCUT2D eigenvalue weighted by Gasteiger charge is -2.42. The lowest BCUT2D eigenvalue weighted by Crippen LogP contribution is -2.49. The molecule has 1 amide bonds. The average Bonchev–Trinajstić information content (AvgIpc) is 2.76. The molecule has 29 heavy (non-hydrogen) atoms. The van der Waals surface area contributed by atoms with Crippen LogP contribution in [0.2, 0.25) is 0 Å². The first-order valence-electron chi connectivity index (χ1n) is 11.0. The Hall–Kier alpha value is -1.93. The van der Waals surface area contributed by atoms with E-state index in [2.05, 4.69) is 20.2 Å². The maximum Gasteiger partial charge on any atom is 0.241 e. The number of piperazine rings is 1. The second kappa shape index (κ2) is 9.26. The molecule has 0 atom stereocenters. The molecule has 0 aromatic carbocycles. The van der Waals surface area contributed by atoms with E-state index < -0.39 is 0 Å². The third-order valence-electron chi connectivity index (χ3n) is 6.66. The molecule has 3 aliphatic rings. The molecule has 0 unspecified atom stereocenters. The summed E-state index contributed by atoms with van der Waals surface area (Å²) in [6.07, 6.45) is 8.11. The van der Waals surface area contributed by atoms with E-state index in [-0.39, 0.29) is 5.91 Å². The second-order valence-corrected chi connectivity index (χ2v) is 8.80. The molecule has 8 nitrogen and oxygen atoms in total. The van der Waals surface area contributed by atoms with Gasteiger partial charge in [0.15, 0.2) is 0 Å². The molecule has 3 fully saturated rings. The van der Waals surface area contributed by atoms with Crippen molar-refractivity contribution in [1.82, 2.24) is 19.8 Å². The summed E-state index contributed by atoms with van der Waals surface area (Å²) in [6, 6.07) is 1.99. The van der Waals surface area contributed by atoms with Crippen molar-refractivity contribution in [1.29, 1.82) is 0 Å². The summed E-state index contributed by atoms with van der Waals surface area (Å²) in [5, 5.41) is 3.61. The SMILES string of the molecule is CN1CCN(c2cc(NCC3(CN4CCOCC4)CCCCC3)ncn2)CC1=O. The first-order valence-corrected chi connectivity index (χ1v) is 11.0. The molecule has 0 bridgehead atoms. The molecule has 3 heterocycles. The van der Waals surface area contributed by atoms with Crippen LogP contribution in [-0.2, 0) is 9.53 Å². The molecule has 0 spiro atoms. The van der Waals surface area contributed by atoms with Gasteiger partial charge in [-0.05, 0) is 12.8 Å². The summed E-state index contributed by atoms with van der Waals surface area (Å²) in [5.41, 5.74) is 0.296. The topological polar surface area (TPSA) is 73.8 Å².